The number of rotatable bonds is 6. The quantitative estimate of drug-likeness (QED) is 0.436. The summed E-state index contributed by atoms with van der Waals surface area (Å²) in [6.07, 6.45) is -8.69. The number of carbonyl (C=O) groups excluding carboxylic acids is 2. The Hall–Kier alpha value is -2.96. The molecule has 0 fully saturated rings. The molecule has 1 heterocycles. The lowest BCUT2D eigenvalue weighted by molar-refractivity contribution is -0.269. The van der Waals surface area contributed by atoms with Crippen LogP contribution in [0.5, 0.6) is 0 Å². The fraction of sp³-hybridized carbons (Fsp3) is 0.273. The van der Waals surface area contributed by atoms with Crippen LogP contribution in [0.2, 0.25) is 10.0 Å². The van der Waals surface area contributed by atoms with Gasteiger partial charge >= 0.3 is 12.4 Å². The zero-order valence-electron chi connectivity index (χ0n) is 18.2. The van der Waals surface area contributed by atoms with Gasteiger partial charge in [-0.05, 0) is 54.5 Å². The van der Waals surface area contributed by atoms with Crippen LogP contribution in [-0.4, -0.2) is 37.3 Å². The summed E-state index contributed by atoms with van der Waals surface area (Å²) in [5, 5.41) is 3.75. The smallest absolute Gasteiger partial charge is 0.345 e. The summed E-state index contributed by atoms with van der Waals surface area (Å²) in [4.78, 5) is 28.8. The highest BCUT2D eigenvalue weighted by atomic mass is 35.5. The summed E-state index contributed by atoms with van der Waals surface area (Å²) >= 11 is 11.8. The highest BCUT2D eigenvalue weighted by molar-refractivity contribution is 6.34. The Balaban J connectivity index is 1.81. The van der Waals surface area contributed by atoms with Gasteiger partial charge in [-0.25, -0.2) is 0 Å². The molecule has 6 nitrogen and oxygen atoms in total. The number of benzene rings is 2. The molecule has 2 amide bonds. The van der Waals surface area contributed by atoms with Crippen LogP contribution in [0, 0.1) is 6.92 Å². The van der Waals surface area contributed by atoms with Crippen LogP contribution in [0.1, 0.15) is 27.0 Å². The summed E-state index contributed by atoms with van der Waals surface area (Å²) in [6, 6.07) is 7.46. The van der Waals surface area contributed by atoms with Crippen LogP contribution in [0.15, 0.2) is 42.5 Å². The molecule has 0 aliphatic carbocycles. The third kappa shape index (κ3) is 6.23. The van der Waals surface area contributed by atoms with Crippen molar-refractivity contribution in [2.24, 2.45) is 0 Å². The van der Waals surface area contributed by atoms with Crippen LogP contribution in [-0.2, 0) is 15.2 Å². The molecule has 0 bridgehead atoms. The van der Waals surface area contributed by atoms with E-state index in [-0.39, 0.29) is 32.4 Å². The lowest BCUT2D eigenvalue weighted by Gasteiger charge is -2.28. The molecule has 1 aliphatic heterocycles. The van der Waals surface area contributed by atoms with Gasteiger partial charge in [-0.3, -0.25) is 19.9 Å². The van der Waals surface area contributed by atoms with Gasteiger partial charge in [-0.1, -0.05) is 29.3 Å². The molecular weight excluding hydrogens is 539 g/mol. The molecule has 2 aromatic carbocycles. The molecule has 0 saturated heterocycles. The Morgan fingerprint density at radius 2 is 1.64 bits per heavy atom. The largest absolute Gasteiger partial charge is 0.428 e. The minimum absolute atomic E-state index is 0.0233. The van der Waals surface area contributed by atoms with E-state index in [1.807, 2.05) is 0 Å². The number of hydrogen-bond donors (Lipinski definition) is 3. The molecule has 0 radical (unpaired) electrons. The lowest BCUT2D eigenvalue weighted by Crippen LogP contribution is -2.42. The molecular formula is C22H17Cl2F6N3O3. The molecule has 2 aromatic rings. The number of aryl methyl sites for hydroxylation is 1. The molecule has 1 atom stereocenters. The summed E-state index contributed by atoms with van der Waals surface area (Å²) < 4.78 is 78.8. The number of halogens is 8. The summed E-state index contributed by atoms with van der Waals surface area (Å²) in [6.45, 7) is -0.750. The van der Waals surface area contributed by atoms with E-state index in [9.17, 15) is 35.9 Å². The lowest BCUT2D eigenvalue weighted by atomic mass is 9.91. The van der Waals surface area contributed by atoms with E-state index in [4.69, 9.17) is 28.0 Å². The molecule has 0 spiro atoms. The van der Waals surface area contributed by atoms with Gasteiger partial charge in [-0.2, -0.15) is 26.3 Å². The monoisotopic (exact) mass is 555 g/mol. The summed E-state index contributed by atoms with van der Waals surface area (Å²) in [5.41, 5.74) is -0.424. The zero-order chi connectivity index (χ0) is 26.9. The predicted molar refractivity (Wildman–Crippen MR) is 119 cm³/mol. The van der Waals surface area contributed by atoms with E-state index in [0.717, 1.165) is 18.2 Å². The van der Waals surface area contributed by atoms with Crippen LogP contribution >= 0.6 is 23.2 Å². The standard InChI is InChI=1S/C22H17Cl2F6N3O3/c1-11-4-12(2-3-16(11)19(35)31-9-18(34)32-10-21(25,26)27)17-8-20(36-33-17,22(28,29)30)13-5-14(23)7-15(24)6-13/h2-8,33H,9-10H2,1H3,(H,31,35)(H,32,34). The van der Waals surface area contributed by atoms with Crippen molar-refractivity contribution < 1.29 is 40.8 Å². The van der Waals surface area contributed by atoms with Gasteiger partial charge in [0.1, 0.15) is 6.54 Å². The summed E-state index contributed by atoms with van der Waals surface area (Å²) in [7, 11) is 0. The van der Waals surface area contributed by atoms with Gasteiger partial charge in [0.25, 0.3) is 5.91 Å². The number of nitrogens with one attached hydrogen (secondary N) is 3. The normalized spacial score (nSPS) is 17.9. The first-order valence-corrected chi connectivity index (χ1v) is 10.8. The van der Waals surface area contributed by atoms with Gasteiger partial charge in [0.2, 0.25) is 11.5 Å². The Kier molecular flexibility index (Phi) is 7.82. The minimum Gasteiger partial charge on any atom is -0.345 e. The first-order chi connectivity index (χ1) is 16.6. The van der Waals surface area contributed by atoms with Gasteiger partial charge in [0, 0.05) is 21.2 Å². The van der Waals surface area contributed by atoms with Gasteiger partial charge in [0.15, 0.2) is 0 Å². The van der Waals surface area contributed by atoms with Crippen molar-refractivity contribution in [2.75, 3.05) is 13.1 Å². The van der Waals surface area contributed by atoms with Gasteiger partial charge in [0.05, 0.1) is 12.2 Å². The van der Waals surface area contributed by atoms with Crippen LogP contribution in [0.25, 0.3) is 5.70 Å². The van der Waals surface area contributed by atoms with Crippen molar-refractivity contribution in [3.8, 4) is 0 Å². The molecule has 1 unspecified atom stereocenters. The second-order valence-corrected chi connectivity index (χ2v) is 8.63. The van der Waals surface area contributed by atoms with E-state index in [0.29, 0.717) is 5.56 Å². The molecule has 0 aromatic heterocycles. The SMILES string of the molecule is Cc1cc(C2=CC(c3cc(Cl)cc(Cl)c3)(C(F)(F)F)ON2)ccc1C(=O)NCC(=O)NCC(F)(F)F. The highest BCUT2D eigenvalue weighted by Crippen LogP contribution is 2.48. The van der Waals surface area contributed by atoms with E-state index < -0.39 is 42.9 Å². The predicted octanol–water partition coefficient (Wildman–Crippen LogP) is 5.04. The van der Waals surface area contributed by atoms with Crippen LogP contribution in [0.3, 0.4) is 0 Å². The number of hydroxylamine groups is 1. The fourth-order valence-electron chi connectivity index (χ4n) is 3.36. The van der Waals surface area contributed by atoms with Crippen molar-refractivity contribution in [1.82, 2.24) is 16.1 Å². The van der Waals surface area contributed by atoms with E-state index >= 15 is 0 Å². The Morgan fingerprint density at radius 3 is 2.19 bits per heavy atom. The first kappa shape index (κ1) is 27.6. The second kappa shape index (κ2) is 10.2. The van der Waals surface area contributed by atoms with Gasteiger partial charge in [-0.15, -0.1) is 0 Å². The number of hydrogen-bond acceptors (Lipinski definition) is 4. The fourth-order valence-corrected chi connectivity index (χ4v) is 3.88. The second-order valence-electron chi connectivity index (χ2n) is 7.76. The van der Waals surface area contributed by atoms with Crippen molar-refractivity contribution in [2.45, 2.75) is 24.9 Å². The molecule has 1 aliphatic rings. The van der Waals surface area contributed by atoms with Crippen LogP contribution < -0.4 is 16.1 Å². The van der Waals surface area contributed by atoms with Crippen molar-refractivity contribution in [3.05, 3.63) is 74.8 Å². The third-order valence-electron chi connectivity index (χ3n) is 5.06. The molecule has 0 saturated carbocycles. The Labute approximate surface area is 210 Å². The maximum Gasteiger partial charge on any atom is 0.428 e. The average Bonchev–Trinajstić information content (AvgIpc) is 3.22. The minimum atomic E-state index is -4.91. The highest BCUT2D eigenvalue weighted by Gasteiger charge is 2.59. The average molecular weight is 556 g/mol. The van der Waals surface area contributed by atoms with Crippen LogP contribution in [0.4, 0.5) is 26.3 Å². The maximum absolute atomic E-state index is 14.1. The Morgan fingerprint density at radius 1 is 1.00 bits per heavy atom. The Bertz CT molecular complexity index is 1200. The van der Waals surface area contributed by atoms with Crippen molar-refractivity contribution in [1.29, 1.82) is 0 Å². The topological polar surface area (TPSA) is 79.5 Å². The number of amides is 2. The van der Waals surface area contributed by atoms with Gasteiger partial charge < -0.3 is 10.6 Å². The third-order valence-corrected chi connectivity index (χ3v) is 5.50. The molecule has 194 valence electrons. The molecule has 3 N–H and O–H groups in total. The van der Waals surface area contributed by atoms with E-state index in [1.165, 1.54) is 31.2 Å². The first-order valence-electron chi connectivity index (χ1n) is 10.0. The number of alkyl halides is 6. The van der Waals surface area contributed by atoms with Crippen molar-refractivity contribution >= 4 is 40.7 Å². The molecule has 36 heavy (non-hydrogen) atoms. The van der Waals surface area contributed by atoms with E-state index in [1.54, 1.807) is 5.32 Å². The number of carbonyl (C=O) groups is 2. The van der Waals surface area contributed by atoms with Crippen molar-refractivity contribution in [3.63, 3.8) is 0 Å². The van der Waals surface area contributed by atoms with E-state index in [2.05, 4.69) is 10.8 Å². The maximum atomic E-state index is 14.1. The zero-order valence-corrected chi connectivity index (χ0v) is 19.7. The molecule has 3 rings (SSSR count). The summed E-state index contributed by atoms with van der Waals surface area (Å²) in [5.74, 6) is -1.80. The molecule has 14 heteroatoms.